The number of amides is 1. The van der Waals surface area contributed by atoms with Crippen molar-refractivity contribution < 1.29 is 4.79 Å². The average molecular weight is 400 g/mol. The van der Waals surface area contributed by atoms with E-state index < -0.39 is 0 Å². The number of nitrogens with one attached hydrogen (secondary N) is 1. The molecule has 4 rings (SSSR count). The molecule has 0 radical (unpaired) electrons. The van der Waals surface area contributed by atoms with E-state index in [0.717, 1.165) is 58.7 Å². The number of rotatable bonds is 5. The third-order valence-corrected chi connectivity index (χ3v) is 6.06. The molecule has 3 aliphatic rings. The van der Waals surface area contributed by atoms with Crippen LogP contribution in [0.5, 0.6) is 0 Å². The molecule has 0 bridgehead atoms. The molecule has 1 N–H and O–H groups in total. The summed E-state index contributed by atoms with van der Waals surface area (Å²) < 4.78 is 0. The first-order valence-corrected chi connectivity index (χ1v) is 9.59. The van der Waals surface area contributed by atoms with Crippen LogP contribution in [0.25, 0.3) is 0 Å². The Morgan fingerprint density at radius 2 is 1.73 bits per heavy atom. The molecule has 0 aromatic heterocycles. The van der Waals surface area contributed by atoms with Crippen molar-refractivity contribution >= 4 is 30.7 Å². The van der Waals surface area contributed by atoms with Crippen LogP contribution in [-0.2, 0) is 11.2 Å². The summed E-state index contributed by atoms with van der Waals surface area (Å²) in [5.41, 5.74) is 1.43. The van der Waals surface area contributed by atoms with E-state index in [4.69, 9.17) is 0 Å². The van der Waals surface area contributed by atoms with Crippen molar-refractivity contribution in [3.8, 4) is 0 Å². The number of halogens is 2. The number of hydrogen-bond donors (Lipinski definition) is 1. The molecule has 1 aliphatic carbocycles. The maximum Gasteiger partial charge on any atom is 0.226 e. The van der Waals surface area contributed by atoms with Gasteiger partial charge in [0.25, 0.3) is 0 Å². The van der Waals surface area contributed by atoms with Gasteiger partial charge in [-0.15, -0.1) is 24.8 Å². The molecule has 2 aliphatic heterocycles. The van der Waals surface area contributed by atoms with Crippen LogP contribution in [0.15, 0.2) is 30.3 Å². The zero-order valence-electron chi connectivity index (χ0n) is 15.3. The van der Waals surface area contributed by atoms with Crippen LogP contribution in [0.3, 0.4) is 0 Å². The summed E-state index contributed by atoms with van der Waals surface area (Å²) in [5.74, 6) is 2.07. The lowest BCUT2D eigenvalue weighted by Gasteiger charge is -2.22. The lowest BCUT2D eigenvalue weighted by atomic mass is 10.1. The first kappa shape index (κ1) is 21.5. The Balaban J connectivity index is 0.00000121. The molecule has 2 saturated heterocycles. The van der Waals surface area contributed by atoms with Crippen molar-refractivity contribution in [3.63, 3.8) is 0 Å². The second-order valence-electron chi connectivity index (χ2n) is 7.62. The molecular formula is C20H31Cl2N3O. The summed E-state index contributed by atoms with van der Waals surface area (Å²) in [6, 6.07) is 10.7. The Morgan fingerprint density at radius 3 is 2.46 bits per heavy atom. The summed E-state index contributed by atoms with van der Waals surface area (Å²) >= 11 is 0. The van der Waals surface area contributed by atoms with Crippen molar-refractivity contribution in [2.75, 3.05) is 45.8 Å². The highest BCUT2D eigenvalue weighted by Gasteiger charge is 2.57. The Labute approximate surface area is 169 Å². The van der Waals surface area contributed by atoms with Gasteiger partial charge in [0, 0.05) is 25.6 Å². The molecule has 3 fully saturated rings. The number of nitrogens with zero attached hydrogens (tertiary/aromatic N) is 2. The molecule has 1 aromatic carbocycles. The van der Waals surface area contributed by atoms with Gasteiger partial charge in [-0.3, -0.25) is 4.79 Å². The standard InChI is InChI=1S/C20H29N3O.2ClH/c24-20(19-17-14-21-15-18(17)19)23-11-5-10-22(12-13-23)9-4-8-16-6-2-1-3-7-16;;/h1-3,6-7,17-19,21H,4-5,8-15H2;2*1H/t17-,18+,19?;;. The van der Waals surface area contributed by atoms with Crippen molar-refractivity contribution in [2.24, 2.45) is 17.8 Å². The van der Waals surface area contributed by atoms with Gasteiger partial charge in [-0.2, -0.15) is 0 Å². The number of benzene rings is 1. The lowest BCUT2D eigenvalue weighted by Crippen LogP contribution is -2.38. The van der Waals surface area contributed by atoms with Gasteiger partial charge >= 0.3 is 0 Å². The van der Waals surface area contributed by atoms with Crippen LogP contribution in [0.1, 0.15) is 18.4 Å². The van der Waals surface area contributed by atoms with Crippen molar-refractivity contribution in [1.82, 2.24) is 15.1 Å². The average Bonchev–Trinajstić information content (AvgIpc) is 3.20. The van der Waals surface area contributed by atoms with Gasteiger partial charge in [-0.25, -0.2) is 0 Å². The number of piperidine rings is 1. The van der Waals surface area contributed by atoms with Crippen LogP contribution in [0, 0.1) is 17.8 Å². The Kier molecular flexibility index (Phi) is 8.21. The van der Waals surface area contributed by atoms with Crippen LogP contribution in [0.4, 0.5) is 0 Å². The van der Waals surface area contributed by atoms with Gasteiger partial charge in [-0.05, 0) is 62.8 Å². The van der Waals surface area contributed by atoms with Crippen LogP contribution in [0.2, 0.25) is 0 Å². The molecular weight excluding hydrogens is 369 g/mol. The summed E-state index contributed by atoms with van der Waals surface area (Å²) in [4.78, 5) is 17.4. The number of aryl methyl sites for hydroxylation is 1. The van der Waals surface area contributed by atoms with E-state index >= 15 is 0 Å². The minimum Gasteiger partial charge on any atom is -0.341 e. The van der Waals surface area contributed by atoms with Gasteiger partial charge in [0.15, 0.2) is 0 Å². The SMILES string of the molecule is Cl.Cl.O=C(C1[C@H]2CNC[C@@H]12)N1CCCN(CCCc2ccccc2)CC1. The Morgan fingerprint density at radius 1 is 1.00 bits per heavy atom. The molecule has 1 unspecified atom stereocenters. The third-order valence-electron chi connectivity index (χ3n) is 6.06. The predicted molar refractivity (Wildman–Crippen MR) is 110 cm³/mol. The van der Waals surface area contributed by atoms with E-state index in [9.17, 15) is 4.79 Å². The van der Waals surface area contributed by atoms with Crippen molar-refractivity contribution in [3.05, 3.63) is 35.9 Å². The maximum atomic E-state index is 12.7. The zero-order valence-corrected chi connectivity index (χ0v) is 16.9. The van der Waals surface area contributed by atoms with E-state index in [1.807, 2.05) is 0 Å². The summed E-state index contributed by atoms with van der Waals surface area (Å²) in [6.07, 6.45) is 3.48. The molecule has 26 heavy (non-hydrogen) atoms. The second-order valence-corrected chi connectivity index (χ2v) is 7.62. The smallest absolute Gasteiger partial charge is 0.226 e. The highest BCUT2D eigenvalue weighted by Crippen LogP contribution is 2.49. The minimum absolute atomic E-state index is 0. The quantitative estimate of drug-likeness (QED) is 0.825. The zero-order chi connectivity index (χ0) is 16.4. The molecule has 1 saturated carbocycles. The first-order chi connectivity index (χ1) is 11.8. The lowest BCUT2D eigenvalue weighted by molar-refractivity contribution is -0.133. The normalized spacial score (nSPS) is 27.7. The molecule has 1 aromatic rings. The Hall–Kier alpha value is -0.810. The van der Waals surface area contributed by atoms with E-state index in [1.165, 1.54) is 12.0 Å². The highest BCUT2D eigenvalue weighted by molar-refractivity contribution is 5.85. The van der Waals surface area contributed by atoms with Crippen molar-refractivity contribution in [2.45, 2.75) is 19.3 Å². The minimum atomic E-state index is 0. The fourth-order valence-electron chi connectivity index (χ4n) is 4.56. The predicted octanol–water partition coefficient (Wildman–Crippen LogP) is 2.46. The van der Waals surface area contributed by atoms with Crippen LogP contribution < -0.4 is 5.32 Å². The molecule has 3 atom stereocenters. The first-order valence-electron chi connectivity index (χ1n) is 9.59. The molecule has 146 valence electrons. The number of carbonyl (C=O) groups is 1. The maximum absolute atomic E-state index is 12.7. The largest absolute Gasteiger partial charge is 0.341 e. The fourth-order valence-corrected chi connectivity index (χ4v) is 4.56. The van der Waals surface area contributed by atoms with E-state index in [1.54, 1.807) is 0 Å². The number of hydrogen-bond acceptors (Lipinski definition) is 3. The third kappa shape index (κ3) is 4.92. The van der Waals surface area contributed by atoms with Crippen LogP contribution >= 0.6 is 24.8 Å². The number of carbonyl (C=O) groups excluding carboxylic acids is 1. The summed E-state index contributed by atoms with van der Waals surface area (Å²) in [5, 5.41) is 3.39. The summed E-state index contributed by atoms with van der Waals surface area (Å²) in [7, 11) is 0. The molecule has 2 heterocycles. The van der Waals surface area contributed by atoms with Gasteiger partial charge in [0.2, 0.25) is 5.91 Å². The van der Waals surface area contributed by atoms with E-state index in [2.05, 4.69) is 45.4 Å². The van der Waals surface area contributed by atoms with Crippen molar-refractivity contribution in [1.29, 1.82) is 0 Å². The van der Waals surface area contributed by atoms with E-state index in [-0.39, 0.29) is 24.8 Å². The van der Waals surface area contributed by atoms with Crippen LogP contribution in [-0.4, -0.2) is 61.5 Å². The van der Waals surface area contributed by atoms with Gasteiger partial charge in [0.1, 0.15) is 0 Å². The molecule has 0 spiro atoms. The van der Waals surface area contributed by atoms with Gasteiger partial charge in [-0.1, -0.05) is 30.3 Å². The second kappa shape index (κ2) is 9.93. The fraction of sp³-hybridized carbons (Fsp3) is 0.650. The molecule has 1 amide bonds. The topological polar surface area (TPSA) is 35.6 Å². The van der Waals surface area contributed by atoms with E-state index in [0.29, 0.717) is 23.7 Å². The van der Waals surface area contributed by atoms with Gasteiger partial charge < -0.3 is 15.1 Å². The Bertz CT molecular complexity index is 561. The van der Waals surface area contributed by atoms with Gasteiger partial charge in [0.05, 0.1) is 0 Å². The summed E-state index contributed by atoms with van der Waals surface area (Å²) in [6.45, 7) is 7.32. The number of fused-ring (bicyclic) bond motifs is 1. The monoisotopic (exact) mass is 399 g/mol. The molecule has 4 nitrogen and oxygen atoms in total. The highest BCUT2D eigenvalue weighted by atomic mass is 35.5. The molecule has 6 heteroatoms.